The molecule has 1 atom stereocenters. The Morgan fingerprint density at radius 1 is 1.35 bits per heavy atom. The van der Waals surface area contributed by atoms with Crippen molar-refractivity contribution in [1.29, 1.82) is 0 Å². The highest BCUT2D eigenvalue weighted by Gasteiger charge is 2.17. The molecule has 1 amide bonds. The van der Waals surface area contributed by atoms with Crippen LogP contribution in [0.5, 0.6) is 5.75 Å². The maximum Gasteiger partial charge on any atom is 0.261 e. The summed E-state index contributed by atoms with van der Waals surface area (Å²) in [5, 5.41) is 2.86. The van der Waals surface area contributed by atoms with Gasteiger partial charge in [-0.2, -0.15) is 0 Å². The third-order valence-electron chi connectivity index (χ3n) is 2.84. The van der Waals surface area contributed by atoms with E-state index in [1.807, 2.05) is 21.0 Å². The standard InChI is InChI=1S/C15H23FN2O2/c1-4-14(15(19)17-10-5-11-18(2)3)20-13-8-6-12(16)7-9-13/h6-9,14H,4-5,10-11H2,1-3H3,(H,17,19). The molecule has 0 radical (unpaired) electrons. The summed E-state index contributed by atoms with van der Waals surface area (Å²) >= 11 is 0. The summed E-state index contributed by atoms with van der Waals surface area (Å²) in [6, 6.07) is 5.68. The van der Waals surface area contributed by atoms with Crippen LogP contribution in [0, 0.1) is 5.82 Å². The van der Waals surface area contributed by atoms with Crippen molar-refractivity contribution in [3.8, 4) is 5.75 Å². The quantitative estimate of drug-likeness (QED) is 0.742. The molecule has 112 valence electrons. The second kappa shape index (κ2) is 8.53. The van der Waals surface area contributed by atoms with Crippen LogP contribution >= 0.6 is 0 Å². The smallest absolute Gasteiger partial charge is 0.261 e. The molecule has 5 heteroatoms. The predicted molar refractivity (Wildman–Crippen MR) is 77.3 cm³/mol. The van der Waals surface area contributed by atoms with E-state index in [0.29, 0.717) is 18.7 Å². The molecule has 0 aliphatic rings. The van der Waals surface area contributed by atoms with E-state index < -0.39 is 6.10 Å². The van der Waals surface area contributed by atoms with Crippen LogP contribution in [0.15, 0.2) is 24.3 Å². The minimum absolute atomic E-state index is 0.129. The van der Waals surface area contributed by atoms with Crippen LogP contribution in [0.1, 0.15) is 19.8 Å². The van der Waals surface area contributed by atoms with Gasteiger partial charge >= 0.3 is 0 Å². The van der Waals surface area contributed by atoms with E-state index in [2.05, 4.69) is 10.2 Å². The number of ether oxygens (including phenoxy) is 1. The molecule has 0 saturated heterocycles. The number of halogens is 1. The van der Waals surface area contributed by atoms with Gasteiger partial charge in [-0.05, 0) is 57.7 Å². The number of rotatable bonds is 8. The molecule has 0 spiro atoms. The van der Waals surface area contributed by atoms with Crippen LogP contribution in [0.2, 0.25) is 0 Å². The van der Waals surface area contributed by atoms with E-state index in [-0.39, 0.29) is 11.7 Å². The number of benzene rings is 1. The van der Waals surface area contributed by atoms with Crippen molar-refractivity contribution in [3.05, 3.63) is 30.1 Å². The largest absolute Gasteiger partial charge is 0.481 e. The molecule has 1 unspecified atom stereocenters. The first-order chi connectivity index (χ1) is 9.52. The summed E-state index contributed by atoms with van der Waals surface area (Å²) in [5.74, 6) is 0.0517. The van der Waals surface area contributed by atoms with Crippen LogP contribution < -0.4 is 10.1 Å². The highest BCUT2D eigenvalue weighted by molar-refractivity contribution is 5.81. The monoisotopic (exact) mass is 282 g/mol. The Bertz CT molecular complexity index is 407. The van der Waals surface area contributed by atoms with Crippen LogP contribution in [0.4, 0.5) is 4.39 Å². The van der Waals surface area contributed by atoms with Gasteiger partial charge in [0.05, 0.1) is 0 Å². The molecule has 4 nitrogen and oxygen atoms in total. The summed E-state index contributed by atoms with van der Waals surface area (Å²) in [5.41, 5.74) is 0. The Labute approximate surface area is 119 Å². The van der Waals surface area contributed by atoms with Crippen LogP contribution in [-0.2, 0) is 4.79 Å². The molecule has 0 aliphatic heterocycles. The van der Waals surface area contributed by atoms with Crippen molar-refractivity contribution in [2.24, 2.45) is 0 Å². The zero-order valence-corrected chi connectivity index (χ0v) is 12.4. The number of nitrogens with one attached hydrogen (secondary N) is 1. The van der Waals surface area contributed by atoms with Gasteiger partial charge in [-0.3, -0.25) is 4.79 Å². The molecule has 0 aliphatic carbocycles. The van der Waals surface area contributed by atoms with Gasteiger partial charge in [-0.15, -0.1) is 0 Å². The van der Waals surface area contributed by atoms with Crippen molar-refractivity contribution in [2.45, 2.75) is 25.9 Å². The minimum Gasteiger partial charge on any atom is -0.481 e. The van der Waals surface area contributed by atoms with Crippen molar-refractivity contribution < 1.29 is 13.9 Å². The average molecular weight is 282 g/mol. The first-order valence-corrected chi connectivity index (χ1v) is 6.87. The second-order valence-electron chi connectivity index (χ2n) is 4.92. The molecule has 20 heavy (non-hydrogen) atoms. The molecule has 1 N–H and O–H groups in total. The van der Waals surface area contributed by atoms with E-state index in [1.54, 1.807) is 0 Å². The lowest BCUT2D eigenvalue weighted by Crippen LogP contribution is -2.39. The lowest BCUT2D eigenvalue weighted by Gasteiger charge is -2.17. The fraction of sp³-hybridized carbons (Fsp3) is 0.533. The number of carbonyl (C=O) groups is 1. The second-order valence-corrected chi connectivity index (χ2v) is 4.92. The van der Waals surface area contributed by atoms with E-state index in [1.165, 1.54) is 24.3 Å². The summed E-state index contributed by atoms with van der Waals surface area (Å²) in [6.45, 7) is 3.43. The van der Waals surface area contributed by atoms with E-state index in [4.69, 9.17) is 4.74 Å². The van der Waals surface area contributed by atoms with Crippen molar-refractivity contribution in [3.63, 3.8) is 0 Å². The van der Waals surface area contributed by atoms with E-state index >= 15 is 0 Å². The highest BCUT2D eigenvalue weighted by atomic mass is 19.1. The topological polar surface area (TPSA) is 41.6 Å². The zero-order valence-electron chi connectivity index (χ0n) is 12.4. The lowest BCUT2D eigenvalue weighted by atomic mass is 10.2. The number of nitrogens with zero attached hydrogens (tertiary/aromatic N) is 1. The Kier molecular flexibility index (Phi) is 7.01. The first kappa shape index (κ1) is 16.4. The zero-order chi connectivity index (χ0) is 15.0. The molecule has 0 bridgehead atoms. The summed E-state index contributed by atoms with van der Waals surface area (Å²) in [6.07, 6.45) is 0.919. The SMILES string of the molecule is CCC(Oc1ccc(F)cc1)C(=O)NCCCN(C)C. The first-order valence-electron chi connectivity index (χ1n) is 6.87. The molecule has 1 rings (SSSR count). The summed E-state index contributed by atoms with van der Waals surface area (Å²) < 4.78 is 18.4. The molecule has 0 heterocycles. The molecule has 1 aromatic carbocycles. The van der Waals surface area contributed by atoms with Gasteiger partial charge in [-0.1, -0.05) is 6.92 Å². The molecule has 0 saturated carbocycles. The van der Waals surface area contributed by atoms with Crippen LogP contribution in [-0.4, -0.2) is 44.1 Å². The predicted octanol–water partition coefficient (Wildman–Crippen LogP) is 2.05. The van der Waals surface area contributed by atoms with Gasteiger partial charge < -0.3 is 15.0 Å². The Morgan fingerprint density at radius 3 is 2.55 bits per heavy atom. The molecular weight excluding hydrogens is 259 g/mol. The Hall–Kier alpha value is -1.62. The van der Waals surface area contributed by atoms with E-state index in [9.17, 15) is 9.18 Å². The summed E-state index contributed by atoms with van der Waals surface area (Å²) in [4.78, 5) is 14.0. The highest BCUT2D eigenvalue weighted by Crippen LogP contribution is 2.14. The number of carbonyl (C=O) groups excluding carboxylic acids is 1. The summed E-state index contributed by atoms with van der Waals surface area (Å²) in [7, 11) is 3.99. The van der Waals surface area contributed by atoms with Crippen molar-refractivity contribution in [1.82, 2.24) is 10.2 Å². The Morgan fingerprint density at radius 2 is 2.00 bits per heavy atom. The minimum atomic E-state index is -0.542. The van der Waals surface area contributed by atoms with Crippen molar-refractivity contribution in [2.75, 3.05) is 27.2 Å². The molecule has 0 fully saturated rings. The maximum atomic E-state index is 12.8. The third-order valence-corrected chi connectivity index (χ3v) is 2.84. The van der Waals surface area contributed by atoms with Crippen LogP contribution in [0.25, 0.3) is 0 Å². The lowest BCUT2D eigenvalue weighted by molar-refractivity contribution is -0.128. The fourth-order valence-electron chi connectivity index (χ4n) is 1.72. The van der Waals surface area contributed by atoms with Gasteiger partial charge in [0.2, 0.25) is 0 Å². The normalized spacial score (nSPS) is 12.2. The van der Waals surface area contributed by atoms with Gasteiger partial charge in [-0.25, -0.2) is 4.39 Å². The number of hydrogen-bond acceptors (Lipinski definition) is 3. The van der Waals surface area contributed by atoms with Gasteiger partial charge in [0.1, 0.15) is 11.6 Å². The van der Waals surface area contributed by atoms with Gasteiger partial charge in [0, 0.05) is 6.54 Å². The van der Waals surface area contributed by atoms with Gasteiger partial charge in [0.25, 0.3) is 5.91 Å². The Balaban J connectivity index is 2.40. The van der Waals surface area contributed by atoms with Gasteiger partial charge in [0.15, 0.2) is 6.10 Å². The fourth-order valence-corrected chi connectivity index (χ4v) is 1.72. The third kappa shape index (κ3) is 6.02. The molecule has 0 aromatic heterocycles. The average Bonchev–Trinajstić information content (AvgIpc) is 2.42. The maximum absolute atomic E-state index is 12.8. The number of hydrogen-bond donors (Lipinski definition) is 1. The van der Waals surface area contributed by atoms with Crippen LogP contribution in [0.3, 0.4) is 0 Å². The van der Waals surface area contributed by atoms with E-state index in [0.717, 1.165) is 13.0 Å². The molecule has 1 aromatic rings. The van der Waals surface area contributed by atoms with Crippen molar-refractivity contribution >= 4 is 5.91 Å². The number of amides is 1. The molecular formula is C15H23FN2O2.